The molecule has 3 aromatic carbocycles. The number of nitrogens with two attached hydrogens (primary N) is 3. The van der Waals surface area contributed by atoms with Crippen LogP contribution in [-0.2, 0) is 25.0 Å². The van der Waals surface area contributed by atoms with Crippen LogP contribution in [0.4, 0.5) is 0 Å². The van der Waals surface area contributed by atoms with Crippen LogP contribution >= 0.6 is 0 Å². The quantitative estimate of drug-likeness (QED) is 0.231. The van der Waals surface area contributed by atoms with Crippen LogP contribution in [0.1, 0.15) is 54.2 Å². The Hall–Kier alpha value is -2.76. The van der Waals surface area contributed by atoms with Gasteiger partial charge < -0.3 is 17.2 Å². The zero-order valence-corrected chi connectivity index (χ0v) is 24.1. The molecule has 0 saturated carbocycles. The number of hydrogen-bond acceptors (Lipinski definition) is 3. The summed E-state index contributed by atoms with van der Waals surface area (Å²) in [7, 11) is -1.67. The van der Waals surface area contributed by atoms with Crippen molar-refractivity contribution in [3.05, 3.63) is 130 Å². The van der Waals surface area contributed by atoms with Gasteiger partial charge in [0.15, 0.2) is 0 Å². The van der Waals surface area contributed by atoms with Gasteiger partial charge in [-0.3, -0.25) is 0 Å². The van der Waals surface area contributed by atoms with E-state index >= 15 is 0 Å². The normalized spacial score (nSPS) is 16.2. The van der Waals surface area contributed by atoms with Crippen LogP contribution in [0.3, 0.4) is 0 Å². The molecule has 1 aliphatic rings. The Morgan fingerprint density at radius 1 is 0.676 bits per heavy atom. The molecule has 0 amide bonds. The molecule has 4 rings (SSSR count). The van der Waals surface area contributed by atoms with Crippen molar-refractivity contribution in [1.29, 1.82) is 0 Å². The molecule has 194 valence electrons. The molecule has 0 radical (unpaired) electrons. The van der Waals surface area contributed by atoms with E-state index in [0.717, 1.165) is 16.7 Å². The second-order valence-corrected chi connectivity index (χ2v) is 17.6. The van der Waals surface area contributed by atoms with Crippen molar-refractivity contribution in [3.8, 4) is 0 Å². The third-order valence-corrected chi connectivity index (χ3v) is 14.7. The second kappa shape index (κ2) is 10.5. The molecule has 4 heteroatoms. The molecule has 1 atom stereocenters. The summed E-state index contributed by atoms with van der Waals surface area (Å²) in [5, 5.41) is 0.273. The van der Waals surface area contributed by atoms with E-state index in [1.54, 1.807) is 0 Å². The Labute approximate surface area is 224 Å². The zero-order chi connectivity index (χ0) is 26.8. The van der Waals surface area contributed by atoms with Crippen molar-refractivity contribution in [2.45, 2.75) is 69.5 Å². The third-order valence-electron chi connectivity index (χ3n) is 8.83. The predicted octanol–water partition coefficient (Wildman–Crippen LogP) is 6.77. The summed E-state index contributed by atoms with van der Waals surface area (Å²) in [6.07, 6.45) is 7.38. The van der Waals surface area contributed by atoms with Gasteiger partial charge in [0.25, 0.3) is 0 Å². The second-order valence-electron chi connectivity index (χ2n) is 11.9. The Balaban J connectivity index is 2.10. The fourth-order valence-corrected chi connectivity index (χ4v) is 7.68. The molecule has 0 aliphatic heterocycles. The Kier molecular flexibility index (Phi) is 7.77. The highest BCUT2D eigenvalue weighted by Gasteiger charge is 2.45. The van der Waals surface area contributed by atoms with E-state index in [1.165, 1.54) is 22.3 Å². The molecule has 37 heavy (non-hydrogen) atoms. The van der Waals surface area contributed by atoms with Crippen molar-refractivity contribution in [2.75, 3.05) is 0 Å². The lowest BCUT2D eigenvalue weighted by Gasteiger charge is -2.41. The Bertz CT molecular complexity index is 1200. The Morgan fingerprint density at radius 2 is 1.08 bits per heavy atom. The molecule has 6 N–H and O–H groups in total. The van der Waals surface area contributed by atoms with E-state index in [0.29, 0.717) is 25.2 Å². The lowest BCUT2D eigenvalue weighted by Crippen LogP contribution is -2.40. The van der Waals surface area contributed by atoms with E-state index < -0.39 is 13.5 Å². The van der Waals surface area contributed by atoms with Crippen LogP contribution in [0, 0.1) is 0 Å². The summed E-state index contributed by atoms with van der Waals surface area (Å²) in [4.78, 5) is 0. The summed E-state index contributed by atoms with van der Waals surface area (Å²) in [6.45, 7) is 13.7. The van der Waals surface area contributed by atoms with Crippen LogP contribution in [0.15, 0.2) is 96.6 Å². The molecule has 0 spiro atoms. The third kappa shape index (κ3) is 4.91. The molecule has 3 nitrogen and oxygen atoms in total. The lowest BCUT2D eigenvalue weighted by atomic mass is 9.64. The van der Waals surface area contributed by atoms with E-state index in [1.807, 2.05) is 0 Å². The largest absolute Gasteiger partial charge is 0.326 e. The van der Waals surface area contributed by atoms with Crippen molar-refractivity contribution in [2.24, 2.45) is 17.2 Å². The summed E-state index contributed by atoms with van der Waals surface area (Å²) < 4.78 is 0. The highest BCUT2D eigenvalue weighted by atomic mass is 28.3. The number of hydrogen-bond donors (Lipinski definition) is 3. The minimum atomic E-state index is -1.67. The van der Waals surface area contributed by atoms with Gasteiger partial charge in [-0.1, -0.05) is 125 Å². The van der Waals surface area contributed by atoms with Gasteiger partial charge in [-0.25, -0.2) is 0 Å². The fraction of sp³-hybridized carbons (Fsp3) is 0.333. The highest BCUT2D eigenvalue weighted by Crippen LogP contribution is 2.53. The topological polar surface area (TPSA) is 78.1 Å². The van der Waals surface area contributed by atoms with E-state index in [-0.39, 0.29) is 5.04 Å². The summed E-state index contributed by atoms with van der Waals surface area (Å²) >= 11 is 0. The van der Waals surface area contributed by atoms with Crippen molar-refractivity contribution < 1.29 is 0 Å². The molecule has 0 heterocycles. The van der Waals surface area contributed by atoms with Gasteiger partial charge in [-0.05, 0) is 49.5 Å². The number of allylic oxidation sites excluding steroid dienone is 4. The minimum absolute atomic E-state index is 0.273. The summed E-state index contributed by atoms with van der Waals surface area (Å²) in [5.41, 5.74) is 26.7. The van der Waals surface area contributed by atoms with E-state index in [9.17, 15) is 0 Å². The molecule has 1 unspecified atom stereocenters. The lowest BCUT2D eigenvalue weighted by molar-refractivity contribution is 0.709. The van der Waals surface area contributed by atoms with Crippen LogP contribution in [0.2, 0.25) is 23.7 Å². The predicted molar refractivity (Wildman–Crippen MR) is 161 cm³/mol. The van der Waals surface area contributed by atoms with Crippen molar-refractivity contribution >= 4 is 8.07 Å². The maximum atomic E-state index is 6.16. The fourth-order valence-electron chi connectivity index (χ4n) is 5.51. The van der Waals surface area contributed by atoms with Gasteiger partial charge in [-0.15, -0.1) is 0 Å². The van der Waals surface area contributed by atoms with Crippen LogP contribution in [0.5, 0.6) is 0 Å². The Morgan fingerprint density at radius 3 is 1.43 bits per heavy atom. The minimum Gasteiger partial charge on any atom is -0.326 e. The first-order chi connectivity index (χ1) is 17.6. The average molecular weight is 510 g/mol. The monoisotopic (exact) mass is 509 g/mol. The van der Waals surface area contributed by atoms with Crippen LogP contribution < -0.4 is 17.2 Å². The first-order valence-corrected chi connectivity index (χ1v) is 16.4. The highest BCUT2D eigenvalue weighted by molar-refractivity contribution is 6.82. The van der Waals surface area contributed by atoms with E-state index in [2.05, 4.69) is 125 Å². The van der Waals surface area contributed by atoms with Gasteiger partial charge in [0.2, 0.25) is 0 Å². The van der Waals surface area contributed by atoms with Crippen LogP contribution in [0.25, 0.3) is 0 Å². The maximum absolute atomic E-state index is 6.16. The van der Waals surface area contributed by atoms with Gasteiger partial charge in [-0.2, -0.15) is 0 Å². The first-order valence-electron chi connectivity index (χ1n) is 13.4. The molecule has 0 aromatic heterocycles. The molecule has 3 aromatic rings. The molecule has 0 saturated heterocycles. The van der Waals surface area contributed by atoms with Crippen molar-refractivity contribution in [1.82, 2.24) is 0 Å². The standard InChI is InChI=1S/C33H43N3Si/c1-32(2,3)37(4,5)31-16-15-30(20-31)33(27-12-6-9-24(17-27)21-34,28-13-7-10-25(18-28)22-35)29-14-8-11-26(19-29)23-36/h6-20,31H,21-23,34-36H2,1-5H3. The summed E-state index contributed by atoms with van der Waals surface area (Å²) in [5.74, 6) is 0. The van der Waals surface area contributed by atoms with Crippen LogP contribution in [-0.4, -0.2) is 8.07 Å². The molecule has 1 aliphatic carbocycles. The molecule has 0 bridgehead atoms. The van der Waals surface area contributed by atoms with Gasteiger partial charge in [0.05, 0.1) is 13.5 Å². The number of rotatable bonds is 8. The van der Waals surface area contributed by atoms with Gasteiger partial charge in [0, 0.05) is 19.6 Å². The van der Waals surface area contributed by atoms with Crippen molar-refractivity contribution in [3.63, 3.8) is 0 Å². The molecular formula is C33H43N3Si. The maximum Gasteiger partial charge on any atom is 0.0698 e. The zero-order valence-electron chi connectivity index (χ0n) is 23.1. The smallest absolute Gasteiger partial charge is 0.0698 e. The number of benzene rings is 3. The molecule has 0 fully saturated rings. The average Bonchev–Trinajstić information content (AvgIpc) is 3.40. The van der Waals surface area contributed by atoms with E-state index in [4.69, 9.17) is 17.2 Å². The first kappa shape index (κ1) is 27.3. The van der Waals surface area contributed by atoms with Gasteiger partial charge >= 0.3 is 0 Å². The van der Waals surface area contributed by atoms with Gasteiger partial charge in [0.1, 0.15) is 0 Å². The molecular weight excluding hydrogens is 466 g/mol. The SMILES string of the molecule is CC(C)(C)[Si](C)(C)C1C=CC(C(c2cccc(CN)c2)(c2cccc(CN)c2)c2cccc(CN)c2)=C1. The summed E-state index contributed by atoms with van der Waals surface area (Å²) in [6, 6.07) is 26.3.